The first-order valence-corrected chi connectivity index (χ1v) is 8.91. The van der Waals surface area contributed by atoms with E-state index in [2.05, 4.69) is 15.3 Å². The number of nitrogens with zero attached hydrogens (tertiary/aromatic N) is 1. The fourth-order valence-corrected chi connectivity index (χ4v) is 2.96. The van der Waals surface area contributed by atoms with Crippen molar-refractivity contribution in [3.8, 4) is 11.5 Å². The number of methoxy groups -OCH3 is 2. The smallest absolute Gasteiger partial charge is 0.279 e. The molecule has 0 bridgehead atoms. The van der Waals surface area contributed by atoms with E-state index in [-0.39, 0.29) is 23.8 Å². The molecule has 3 N–H and O–H groups in total. The highest BCUT2D eigenvalue weighted by Gasteiger charge is 2.15. The van der Waals surface area contributed by atoms with Gasteiger partial charge in [-0.05, 0) is 30.3 Å². The van der Waals surface area contributed by atoms with Crippen LogP contribution in [0.2, 0.25) is 0 Å². The molecule has 8 nitrogen and oxygen atoms in total. The Labute approximate surface area is 166 Å². The first-order valence-electron chi connectivity index (χ1n) is 8.91. The second-order valence-electron chi connectivity index (χ2n) is 6.60. The topological polar surface area (TPSA) is 97.8 Å². The number of ether oxygens (including phenoxy) is 2. The van der Waals surface area contributed by atoms with E-state index in [0.717, 1.165) is 4.90 Å². The molecular formula is C20H22FN4O4+. The molecule has 0 aliphatic rings. The zero-order valence-corrected chi connectivity index (χ0v) is 16.3. The highest BCUT2D eigenvalue weighted by molar-refractivity contribution is 5.91. The van der Waals surface area contributed by atoms with Crippen LogP contribution in [0.25, 0.3) is 10.9 Å². The number of fused-ring (bicyclic) bond motifs is 1. The predicted octanol–water partition coefficient (Wildman–Crippen LogP) is 0.733. The van der Waals surface area contributed by atoms with Crippen LogP contribution in [0.3, 0.4) is 0 Å². The lowest BCUT2D eigenvalue weighted by atomic mass is 10.2. The van der Waals surface area contributed by atoms with Gasteiger partial charge in [0, 0.05) is 11.8 Å². The fourth-order valence-electron chi connectivity index (χ4n) is 2.96. The van der Waals surface area contributed by atoms with Crippen molar-refractivity contribution in [2.24, 2.45) is 0 Å². The van der Waals surface area contributed by atoms with Crippen molar-refractivity contribution >= 4 is 22.5 Å². The number of quaternary nitrogens is 1. The molecule has 0 saturated carbocycles. The van der Waals surface area contributed by atoms with E-state index < -0.39 is 0 Å². The molecule has 0 fully saturated rings. The number of anilines is 1. The van der Waals surface area contributed by atoms with Gasteiger partial charge in [-0.25, -0.2) is 9.37 Å². The Kier molecular flexibility index (Phi) is 6.08. The van der Waals surface area contributed by atoms with Gasteiger partial charge in [-0.3, -0.25) is 9.59 Å². The maximum atomic E-state index is 12.9. The molecule has 1 heterocycles. The molecule has 3 rings (SSSR count). The maximum absolute atomic E-state index is 12.9. The number of rotatable bonds is 7. The Balaban J connectivity index is 1.72. The van der Waals surface area contributed by atoms with E-state index in [0.29, 0.717) is 40.5 Å². The van der Waals surface area contributed by atoms with Crippen molar-refractivity contribution < 1.29 is 23.6 Å². The van der Waals surface area contributed by atoms with Crippen LogP contribution in [0.4, 0.5) is 10.1 Å². The van der Waals surface area contributed by atoms with Crippen molar-refractivity contribution in [2.75, 3.05) is 33.1 Å². The Hall–Kier alpha value is -3.46. The highest BCUT2D eigenvalue weighted by atomic mass is 19.1. The molecule has 2 aromatic carbocycles. The largest absolute Gasteiger partial charge is 0.493 e. The standard InChI is InChI=1S/C20H21FN4O4/c1-25(11-19(26)22-13-6-4-12(21)5-7-13)10-18-23-15-9-17(29-3)16(28-2)8-14(15)20(27)24-18/h4-9H,10-11H2,1-3H3,(H,22,26)(H,23,24,27)/p+1. The lowest BCUT2D eigenvalue weighted by molar-refractivity contribution is -0.885. The lowest BCUT2D eigenvalue weighted by Gasteiger charge is -2.14. The van der Waals surface area contributed by atoms with Crippen LogP contribution < -0.4 is 25.2 Å². The summed E-state index contributed by atoms with van der Waals surface area (Å²) >= 11 is 0. The molecule has 29 heavy (non-hydrogen) atoms. The predicted molar refractivity (Wildman–Crippen MR) is 106 cm³/mol. The molecular weight excluding hydrogens is 379 g/mol. The number of aromatic nitrogens is 2. The number of amides is 1. The monoisotopic (exact) mass is 401 g/mol. The molecule has 1 atom stereocenters. The van der Waals surface area contributed by atoms with Gasteiger partial charge < -0.3 is 24.7 Å². The SMILES string of the molecule is COc1cc2nc(C[NH+](C)CC(=O)Nc3ccc(F)cc3)[nH]c(=O)c2cc1OC. The van der Waals surface area contributed by atoms with Gasteiger partial charge in [0.2, 0.25) is 0 Å². The Morgan fingerprint density at radius 3 is 2.48 bits per heavy atom. The third-order valence-electron chi connectivity index (χ3n) is 4.32. The molecule has 0 radical (unpaired) electrons. The van der Waals surface area contributed by atoms with Gasteiger partial charge in [0.25, 0.3) is 11.5 Å². The van der Waals surface area contributed by atoms with E-state index in [1.807, 2.05) is 7.05 Å². The first kappa shape index (κ1) is 20.3. The van der Waals surface area contributed by atoms with Gasteiger partial charge in [-0.15, -0.1) is 0 Å². The average Bonchev–Trinajstić information content (AvgIpc) is 2.68. The summed E-state index contributed by atoms with van der Waals surface area (Å²) < 4.78 is 23.4. The number of aromatic amines is 1. The number of hydrogen-bond acceptors (Lipinski definition) is 5. The minimum atomic E-state index is -0.369. The van der Waals surface area contributed by atoms with E-state index in [9.17, 15) is 14.0 Å². The molecule has 1 amide bonds. The van der Waals surface area contributed by atoms with Crippen LogP contribution >= 0.6 is 0 Å². The summed E-state index contributed by atoms with van der Waals surface area (Å²) in [7, 11) is 4.81. The minimum Gasteiger partial charge on any atom is -0.493 e. The third-order valence-corrected chi connectivity index (χ3v) is 4.32. The number of H-pyrrole nitrogens is 1. The van der Waals surface area contributed by atoms with Crippen LogP contribution in [0.15, 0.2) is 41.2 Å². The summed E-state index contributed by atoms with van der Waals surface area (Å²) in [5, 5.41) is 3.09. The van der Waals surface area contributed by atoms with Gasteiger partial charge in [0.05, 0.1) is 32.2 Å². The maximum Gasteiger partial charge on any atom is 0.279 e. The van der Waals surface area contributed by atoms with Crippen molar-refractivity contribution in [3.63, 3.8) is 0 Å². The van der Waals surface area contributed by atoms with E-state index in [1.165, 1.54) is 38.5 Å². The number of benzene rings is 2. The molecule has 1 unspecified atom stereocenters. The highest BCUT2D eigenvalue weighted by Crippen LogP contribution is 2.29. The summed E-state index contributed by atoms with van der Waals surface area (Å²) in [5.74, 6) is 0.764. The van der Waals surface area contributed by atoms with E-state index >= 15 is 0 Å². The van der Waals surface area contributed by atoms with E-state index in [1.54, 1.807) is 12.1 Å². The van der Waals surface area contributed by atoms with Crippen molar-refractivity contribution in [1.29, 1.82) is 0 Å². The van der Waals surface area contributed by atoms with Gasteiger partial charge in [0.15, 0.2) is 23.9 Å². The fraction of sp³-hybridized carbons (Fsp3) is 0.250. The molecule has 0 saturated heterocycles. The number of nitrogens with one attached hydrogen (secondary N) is 3. The van der Waals surface area contributed by atoms with Crippen molar-refractivity contribution in [1.82, 2.24) is 9.97 Å². The molecule has 0 aliphatic carbocycles. The van der Waals surface area contributed by atoms with E-state index in [4.69, 9.17) is 9.47 Å². The molecule has 0 spiro atoms. The second-order valence-corrected chi connectivity index (χ2v) is 6.60. The first-order chi connectivity index (χ1) is 13.9. The van der Waals surface area contributed by atoms with Gasteiger partial charge in [-0.1, -0.05) is 0 Å². The second kappa shape index (κ2) is 8.70. The van der Waals surface area contributed by atoms with Crippen LogP contribution in [0.5, 0.6) is 11.5 Å². The zero-order valence-electron chi connectivity index (χ0n) is 16.3. The molecule has 152 valence electrons. The van der Waals surface area contributed by atoms with Crippen LogP contribution in [0, 0.1) is 5.82 Å². The Bertz CT molecular complexity index is 1080. The van der Waals surface area contributed by atoms with Crippen molar-refractivity contribution in [2.45, 2.75) is 6.54 Å². The number of halogens is 1. The van der Waals surface area contributed by atoms with Gasteiger partial charge in [0.1, 0.15) is 12.4 Å². The number of likely N-dealkylation sites (N-methyl/N-ethyl adjacent to an activating group) is 1. The zero-order chi connectivity index (χ0) is 21.0. The summed E-state index contributed by atoms with van der Waals surface area (Å²) in [6.07, 6.45) is 0. The number of carbonyl (C=O) groups excluding carboxylic acids is 1. The van der Waals surface area contributed by atoms with Crippen LogP contribution in [-0.4, -0.2) is 43.7 Å². The lowest BCUT2D eigenvalue weighted by Crippen LogP contribution is -3.08. The number of carbonyl (C=O) groups is 1. The summed E-state index contributed by atoms with van der Waals surface area (Å²) in [4.78, 5) is 32.6. The van der Waals surface area contributed by atoms with Gasteiger partial charge in [-0.2, -0.15) is 0 Å². The van der Waals surface area contributed by atoms with Crippen molar-refractivity contribution in [3.05, 3.63) is 58.4 Å². The van der Waals surface area contributed by atoms with Gasteiger partial charge >= 0.3 is 0 Å². The molecule has 1 aromatic heterocycles. The minimum absolute atomic E-state index is 0.144. The average molecular weight is 401 g/mol. The third kappa shape index (κ3) is 4.88. The molecule has 3 aromatic rings. The molecule has 9 heteroatoms. The van der Waals surface area contributed by atoms with Crippen LogP contribution in [-0.2, 0) is 11.3 Å². The number of hydrogen-bond donors (Lipinski definition) is 3. The summed E-state index contributed by atoms with van der Waals surface area (Å²) in [5.41, 5.74) is 0.696. The normalized spacial score (nSPS) is 11.9. The van der Waals surface area contributed by atoms with Crippen LogP contribution in [0.1, 0.15) is 5.82 Å². The molecule has 0 aliphatic heterocycles. The quantitative estimate of drug-likeness (QED) is 0.542. The Morgan fingerprint density at radius 1 is 1.17 bits per heavy atom. The summed E-state index contributed by atoms with van der Waals surface area (Å²) in [6, 6.07) is 8.76. The summed E-state index contributed by atoms with van der Waals surface area (Å²) in [6.45, 7) is 0.474. The Morgan fingerprint density at radius 2 is 1.83 bits per heavy atom.